The van der Waals surface area contributed by atoms with Crippen molar-refractivity contribution in [3.05, 3.63) is 94.9 Å². The Morgan fingerprint density at radius 2 is 1.87 bits per heavy atom. The highest BCUT2D eigenvalue weighted by Gasteiger charge is 2.16. The average molecular weight is 439 g/mol. The number of amides is 1. The maximum Gasteiger partial charge on any atom is 0.255 e. The summed E-state index contributed by atoms with van der Waals surface area (Å²) in [6.07, 6.45) is 3.51. The molecule has 0 radical (unpaired) electrons. The van der Waals surface area contributed by atoms with Crippen molar-refractivity contribution in [3.63, 3.8) is 0 Å². The topological polar surface area (TPSA) is 93.1 Å². The number of aromatic nitrogens is 2. The first-order chi connectivity index (χ1) is 14.5. The lowest BCUT2D eigenvalue weighted by molar-refractivity contribution is 0.102. The minimum absolute atomic E-state index is 0.0423. The smallest absolute Gasteiger partial charge is 0.255 e. The Morgan fingerprint density at radius 3 is 2.57 bits per heavy atom. The van der Waals surface area contributed by atoms with Gasteiger partial charge < -0.3 is 5.32 Å². The molecule has 2 aromatic heterocycles. The Bertz CT molecular complexity index is 1230. The van der Waals surface area contributed by atoms with Crippen LogP contribution < -0.4 is 10.0 Å². The molecule has 0 unspecified atom stereocenters. The van der Waals surface area contributed by atoms with Gasteiger partial charge in [-0.1, -0.05) is 12.1 Å². The molecule has 0 fully saturated rings. The number of rotatable bonds is 7. The molecule has 0 saturated heterocycles. The number of thiophene rings is 1. The third kappa shape index (κ3) is 4.65. The van der Waals surface area contributed by atoms with Crippen LogP contribution in [-0.4, -0.2) is 24.1 Å². The molecule has 0 spiro atoms. The van der Waals surface area contributed by atoms with Gasteiger partial charge in [-0.2, -0.15) is 5.10 Å². The molecule has 0 aliphatic carbocycles. The third-order valence-electron chi connectivity index (χ3n) is 4.32. The molecular weight excluding hydrogens is 420 g/mol. The van der Waals surface area contributed by atoms with Crippen LogP contribution in [0, 0.1) is 0 Å². The summed E-state index contributed by atoms with van der Waals surface area (Å²) in [5.74, 6) is -0.392. The molecule has 152 valence electrons. The highest BCUT2D eigenvalue weighted by Crippen LogP contribution is 2.17. The van der Waals surface area contributed by atoms with Crippen molar-refractivity contribution < 1.29 is 13.2 Å². The summed E-state index contributed by atoms with van der Waals surface area (Å²) in [7, 11) is -3.73. The zero-order chi connectivity index (χ0) is 21.0. The minimum Gasteiger partial charge on any atom is -0.322 e. The zero-order valence-electron chi connectivity index (χ0n) is 15.7. The van der Waals surface area contributed by atoms with E-state index in [1.165, 1.54) is 23.5 Å². The normalized spacial score (nSPS) is 11.3. The number of carbonyl (C=O) groups excluding carboxylic acids is 1. The molecular formula is C21H18N4O3S2. The van der Waals surface area contributed by atoms with Crippen LogP contribution in [0.2, 0.25) is 0 Å². The fourth-order valence-electron chi connectivity index (χ4n) is 2.79. The monoisotopic (exact) mass is 438 g/mol. The van der Waals surface area contributed by atoms with E-state index in [-0.39, 0.29) is 17.0 Å². The Kier molecular flexibility index (Phi) is 5.75. The Morgan fingerprint density at radius 1 is 1.03 bits per heavy atom. The number of hydrogen-bond acceptors (Lipinski definition) is 5. The Labute approximate surface area is 178 Å². The van der Waals surface area contributed by atoms with E-state index >= 15 is 0 Å². The SMILES string of the molecule is O=C(Nc1ccc(-n2cccn2)cc1)c1cccc(S(=O)(=O)NCc2cccs2)c1. The number of nitrogens with one attached hydrogen (secondary N) is 2. The molecule has 4 rings (SSSR count). The fourth-order valence-corrected chi connectivity index (χ4v) is 4.58. The van der Waals surface area contributed by atoms with Crippen LogP contribution in [0.1, 0.15) is 15.2 Å². The predicted octanol–water partition coefficient (Wildman–Crippen LogP) is 3.66. The van der Waals surface area contributed by atoms with Crippen LogP contribution in [0.5, 0.6) is 0 Å². The van der Waals surface area contributed by atoms with Crippen LogP contribution >= 0.6 is 11.3 Å². The van der Waals surface area contributed by atoms with Crippen molar-refractivity contribution in [1.82, 2.24) is 14.5 Å². The third-order valence-corrected chi connectivity index (χ3v) is 6.59. The van der Waals surface area contributed by atoms with E-state index in [0.29, 0.717) is 5.69 Å². The van der Waals surface area contributed by atoms with E-state index < -0.39 is 15.9 Å². The second kappa shape index (κ2) is 8.62. The lowest BCUT2D eigenvalue weighted by atomic mass is 10.2. The highest BCUT2D eigenvalue weighted by atomic mass is 32.2. The molecule has 2 aromatic carbocycles. The van der Waals surface area contributed by atoms with Crippen molar-refractivity contribution in [2.24, 2.45) is 0 Å². The van der Waals surface area contributed by atoms with E-state index in [1.807, 2.05) is 41.9 Å². The average Bonchev–Trinajstić information content (AvgIpc) is 3.47. The summed E-state index contributed by atoms with van der Waals surface area (Å²) in [4.78, 5) is 13.6. The maximum atomic E-state index is 12.6. The van der Waals surface area contributed by atoms with E-state index in [4.69, 9.17) is 0 Å². The molecule has 7 nitrogen and oxygen atoms in total. The number of nitrogens with zero attached hydrogens (tertiary/aromatic N) is 2. The van der Waals surface area contributed by atoms with Gasteiger partial charge in [0.15, 0.2) is 0 Å². The van der Waals surface area contributed by atoms with Gasteiger partial charge in [-0.3, -0.25) is 4.79 Å². The molecule has 1 amide bonds. The number of hydrogen-bond donors (Lipinski definition) is 2. The zero-order valence-corrected chi connectivity index (χ0v) is 17.4. The molecule has 2 heterocycles. The van der Waals surface area contributed by atoms with E-state index in [2.05, 4.69) is 15.1 Å². The maximum absolute atomic E-state index is 12.6. The van der Waals surface area contributed by atoms with Crippen molar-refractivity contribution in [3.8, 4) is 5.69 Å². The summed E-state index contributed by atoms with van der Waals surface area (Å²) >= 11 is 1.47. The quantitative estimate of drug-likeness (QED) is 0.460. The van der Waals surface area contributed by atoms with E-state index in [0.717, 1.165) is 10.6 Å². The number of anilines is 1. The Balaban J connectivity index is 1.45. The van der Waals surface area contributed by atoms with Crippen LogP contribution in [0.3, 0.4) is 0 Å². The number of sulfonamides is 1. The van der Waals surface area contributed by atoms with Gasteiger partial charge in [0.05, 0.1) is 10.6 Å². The van der Waals surface area contributed by atoms with Crippen molar-refractivity contribution in [1.29, 1.82) is 0 Å². The van der Waals surface area contributed by atoms with Gasteiger partial charge in [-0.25, -0.2) is 17.8 Å². The van der Waals surface area contributed by atoms with Gasteiger partial charge >= 0.3 is 0 Å². The summed E-state index contributed by atoms with van der Waals surface area (Å²) in [5, 5.41) is 8.82. The first kappa shape index (κ1) is 20.0. The molecule has 0 aliphatic heterocycles. The van der Waals surface area contributed by atoms with Gasteiger partial charge in [-0.15, -0.1) is 11.3 Å². The second-order valence-corrected chi connectivity index (χ2v) is 9.18. The summed E-state index contributed by atoms with van der Waals surface area (Å²) in [6.45, 7) is 0.207. The van der Waals surface area contributed by atoms with Crippen LogP contribution in [-0.2, 0) is 16.6 Å². The van der Waals surface area contributed by atoms with Crippen LogP contribution in [0.15, 0.2) is 89.4 Å². The molecule has 9 heteroatoms. The summed E-state index contributed by atoms with van der Waals surface area (Å²) in [6, 6.07) is 18.7. The van der Waals surface area contributed by atoms with Gasteiger partial charge in [-0.05, 0) is 60.0 Å². The Hall–Kier alpha value is -3.27. The van der Waals surface area contributed by atoms with Gasteiger partial charge in [0.1, 0.15) is 0 Å². The van der Waals surface area contributed by atoms with Crippen molar-refractivity contribution in [2.45, 2.75) is 11.4 Å². The molecule has 30 heavy (non-hydrogen) atoms. The standard InChI is InChI=1S/C21H18N4O3S2/c26-21(24-17-7-9-18(10-8-17)25-12-3-11-22-25)16-4-1-6-20(14-16)30(27,28)23-15-19-5-2-13-29-19/h1-14,23H,15H2,(H,24,26). The minimum atomic E-state index is -3.73. The van der Waals surface area contributed by atoms with E-state index in [9.17, 15) is 13.2 Å². The van der Waals surface area contributed by atoms with Gasteiger partial charge in [0, 0.05) is 35.1 Å². The predicted molar refractivity (Wildman–Crippen MR) is 116 cm³/mol. The summed E-state index contributed by atoms with van der Waals surface area (Å²) in [5.41, 5.74) is 1.72. The lowest BCUT2D eigenvalue weighted by Gasteiger charge is -2.09. The lowest BCUT2D eigenvalue weighted by Crippen LogP contribution is -2.23. The first-order valence-electron chi connectivity index (χ1n) is 9.05. The van der Waals surface area contributed by atoms with Crippen molar-refractivity contribution >= 4 is 33.0 Å². The van der Waals surface area contributed by atoms with Gasteiger partial charge in [0.25, 0.3) is 5.91 Å². The molecule has 0 aliphatic rings. The molecule has 2 N–H and O–H groups in total. The highest BCUT2D eigenvalue weighted by molar-refractivity contribution is 7.89. The van der Waals surface area contributed by atoms with Crippen LogP contribution in [0.25, 0.3) is 5.69 Å². The van der Waals surface area contributed by atoms with E-state index in [1.54, 1.807) is 35.1 Å². The molecule has 0 bridgehead atoms. The first-order valence-corrected chi connectivity index (χ1v) is 11.4. The van der Waals surface area contributed by atoms with Gasteiger partial charge in [0.2, 0.25) is 10.0 Å². The molecule has 0 saturated carbocycles. The summed E-state index contributed by atoms with van der Waals surface area (Å²) < 4.78 is 29.4. The number of carbonyl (C=O) groups is 1. The largest absolute Gasteiger partial charge is 0.322 e. The second-order valence-electron chi connectivity index (χ2n) is 6.38. The molecule has 4 aromatic rings. The molecule has 0 atom stereocenters. The fraction of sp³-hybridized carbons (Fsp3) is 0.0476. The van der Waals surface area contributed by atoms with Crippen molar-refractivity contribution in [2.75, 3.05) is 5.32 Å². The number of benzene rings is 2. The van der Waals surface area contributed by atoms with Crippen LogP contribution in [0.4, 0.5) is 5.69 Å².